The number of amides is 1. The van der Waals surface area contributed by atoms with Crippen molar-refractivity contribution in [3.63, 3.8) is 0 Å². The number of alkyl halides is 2. The molecular formula is C22H24F2N6O3. The third-order valence-corrected chi connectivity index (χ3v) is 4.72. The molecular weight excluding hydrogens is 434 g/mol. The highest BCUT2D eigenvalue weighted by atomic mass is 19.3. The number of hydrogen-bond donors (Lipinski definition) is 2. The minimum absolute atomic E-state index is 0.0352. The van der Waals surface area contributed by atoms with E-state index in [-0.39, 0.29) is 11.7 Å². The predicted octanol–water partition coefficient (Wildman–Crippen LogP) is 4.02. The number of ether oxygens (including phenoxy) is 2. The molecule has 4 aromatic rings. The molecule has 1 atom stereocenters. The summed E-state index contributed by atoms with van der Waals surface area (Å²) in [5.74, 6) is -0.239. The lowest BCUT2D eigenvalue weighted by Crippen LogP contribution is -2.40. The number of carbonyl (C=O) groups is 1. The number of aromatic amines is 1. The summed E-state index contributed by atoms with van der Waals surface area (Å²) in [6.45, 7) is 4.94. The lowest BCUT2D eigenvalue weighted by Gasteiger charge is -2.20. The zero-order valence-electron chi connectivity index (χ0n) is 18.6. The largest absolute Gasteiger partial charge is 0.435 e. The fourth-order valence-corrected chi connectivity index (χ4v) is 3.44. The molecule has 0 radical (unpaired) electrons. The van der Waals surface area contributed by atoms with Gasteiger partial charge in [-0.3, -0.25) is 4.79 Å². The monoisotopic (exact) mass is 458 g/mol. The molecule has 1 unspecified atom stereocenters. The fraction of sp³-hybridized carbons (Fsp3) is 0.364. The number of fused-ring (bicyclic) bond motifs is 2. The molecule has 1 aromatic carbocycles. The van der Waals surface area contributed by atoms with Crippen LogP contribution >= 0.6 is 0 Å². The number of rotatable bonds is 7. The molecule has 2 N–H and O–H groups in total. The van der Waals surface area contributed by atoms with E-state index in [2.05, 4.69) is 30.1 Å². The van der Waals surface area contributed by atoms with E-state index in [0.717, 1.165) is 0 Å². The van der Waals surface area contributed by atoms with Crippen LogP contribution in [0, 0.1) is 0 Å². The van der Waals surface area contributed by atoms with Gasteiger partial charge in [-0.05, 0) is 45.9 Å². The molecule has 0 saturated carbocycles. The summed E-state index contributed by atoms with van der Waals surface area (Å²) in [5, 5.41) is 7.89. The fourth-order valence-electron chi connectivity index (χ4n) is 3.44. The van der Waals surface area contributed by atoms with Crippen LogP contribution in [0.3, 0.4) is 0 Å². The second-order valence-corrected chi connectivity index (χ2v) is 8.39. The van der Waals surface area contributed by atoms with Gasteiger partial charge in [-0.2, -0.15) is 13.9 Å². The van der Waals surface area contributed by atoms with E-state index < -0.39 is 18.4 Å². The molecule has 3 aromatic heterocycles. The number of hydrogen-bond acceptors (Lipinski definition) is 6. The topological polar surface area (TPSA) is 107 Å². The molecule has 174 valence electrons. The smallest absolute Gasteiger partial charge is 0.387 e. The summed E-state index contributed by atoms with van der Waals surface area (Å²) in [6.07, 6.45) is 3.90. The summed E-state index contributed by atoms with van der Waals surface area (Å²) in [6, 6.07) is 4.53. The lowest BCUT2D eigenvalue weighted by molar-refractivity contribution is -0.0497. The molecule has 0 spiro atoms. The van der Waals surface area contributed by atoms with Gasteiger partial charge in [-0.25, -0.2) is 14.6 Å². The Balaban J connectivity index is 1.74. The molecule has 4 rings (SSSR count). The maximum Gasteiger partial charge on any atom is 0.387 e. The Morgan fingerprint density at radius 3 is 2.76 bits per heavy atom. The summed E-state index contributed by atoms with van der Waals surface area (Å²) in [4.78, 5) is 24.8. The van der Waals surface area contributed by atoms with Crippen molar-refractivity contribution in [2.45, 2.75) is 46.1 Å². The van der Waals surface area contributed by atoms with E-state index >= 15 is 0 Å². The van der Waals surface area contributed by atoms with E-state index in [4.69, 9.17) is 4.74 Å². The van der Waals surface area contributed by atoms with E-state index in [1.54, 1.807) is 23.1 Å². The average Bonchev–Trinajstić information content (AvgIpc) is 3.33. The molecule has 0 bridgehead atoms. The molecule has 0 aliphatic heterocycles. The molecule has 1 amide bonds. The molecule has 0 fully saturated rings. The quantitative estimate of drug-likeness (QED) is 0.433. The maximum absolute atomic E-state index is 12.7. The van der Waals surface area contributed by atoms with Crippen molar-refractivity contribution in [3.05, 3.63) is 48.0 Å². The third kappa shape index (κ3) is 4.77. The van der Waals surface area contributed by atoms with Crippen molar-refractivity contribution in [1.29, 1.82) is 0 Å². The summed E-state index contributed by atoms with van der Waals surface area (Å²) >= 11 is 0. The summed E-state index contributed by atoms with van der Waals surface area (Å²) < 4.78 is 37.1. The second-order valence-electron chi connectivity index (χ2n) is 8.39. The van der Waals surface area contributed by atoms with E-state index in [0.29, 0.717) is 39.9 Å². The lowest BCUT2D eigenvalue weighted by atomic mass is 10.1. The van der Waals surface area contributed by atoms with Gasteiger partial charge in [0.05, 0.1) is 23.5 Å². The SMILES string of the molecule is CCOC(c1cnc2[nH]cc(C(=O)NC(C)(C)C)c2n1)n1ncc2cc(OC(F)F)ccc21. The van der Waals surface area contributed by atoms with Crippen LogP contribution in [0.4, 0.5) is 8.78 Å². The van der Waals surface area contributed by atoms with Crippen LogP contribution in [0.2, 0.25) is 0 Å². The Hall–Kier alpha value is -3.60. The van der Waals surface area contributed by atoms with Gasteiger partial charge in [-0.1, -0.05) is 0 Å². The summed E-state index contributed by atoms with van der Waals surface area (Å²) in [5.41, 5.74) is 1.89. The highest BCUT2D eigenvalue weighted by Gasteiger charge is 2.24. The summed E-state index contributed by atoms with van der Waals surface area (Å²) in [7, 11) is 0. The van der Waals surface area contributed by atoms with Crippen molar-refractivity contribution in [3.8, 4) is 5.75 Å². The van der Waals surface area contributed by atoms with Crippen molar-refractivity contribution in [2.24, 2.45) is 0 Å². The Labute approximate surface area is 188 Å². The molecule has 0 saturated heterocycles. The zero-order valence-corrected chi connectivity index (χ0v) is 18.6. The van der Waals surface area contributed by atoms with E-state index in [1.165, 1.54) is 18.3 Å². The van der Waals surface area contributed by atoms with Crippen LogP contribution in [0.1, 0.15) is 50.0 Å². The minimum Gasteiger partial charge on any atom is -0.435 e. The van der Waals surface area contributed by atoms with Crippen LogP contribution in [0.25, 0.3) is 22.1 Å². The number of halogens is 2. The van der Waals surface area contributed by atoms with Gasteiger partial charge in [0.25, 0.3) is 5.91 Å². The van der Waals surface area contributed by atoms with Gasteiger partial charge in [0.1, 0.15) is 17.0 Å². The van der Waals surface area contributed by atoms with Crippen molar-refractivity contribution in [2.75, 3.05) is 6.61 Å². The first-order chi connectivity index (χ1) is 15.7. The van der Waals surface area contributed by atoms with Crippen LogP contribution in [0.15, 0.2) is 36.8 Å². The number of benzene rings is 1. The Morgan fingerprint density at radius 1 is 1.27 bits per heavy atom. The number of nitrogens with one attached hydrogen (secondary N) is 2. The van der Waals surface area contributed by atoms with Crippen LogP contribution < -0.4 is 10.1 Å². The van der Waals surface area contributed by atoms with Gasteiger partial charge in [0, 0.05) is 23.7 Å². The standard InChI is InChI=1S/C22H24F2N6O3/c1-5-32-20(30-16-7-6-13(33-21(23)24)8-12(16)9-27-30)15-11-26-18-17(28-15)14(10-25-18)19(31)29-22(2,3)4/h6-11,20-21H,5H2,1-4H3,(H,25,26)(H,29,31). The molecule has 33 heavy (non-hydrogen) atoms. The predicted molar refractivity (Wildman–Crippen MR) is 117 cm³/mol. The van der Waals surface area contributed by atoms with Gasteiger partial charge >= 0.3 is 6.61 Å². The second kappa shape index (κ2) is 8.74. The van der Waals surface area contributed by atoms with Crippen molar-refractivity contribution in [1.82, 2.24) is 30.0 Å². The number of H-pyrrole nitrogens is 1. The molecule has 0 aliphatic carbocycles. The maximum atomic E-state index is 12.7. The first-order valence-corrected chi connectivity index (χ1v) is 10.4. The van der Waals surface area contributed by atoms with Gasteiger partial charge < -0.3 is 19.8 Å². The highest BCUT2D eigenvalue weighted by Crippen LogP contribution is 2.28. The number of aromatic nitrogens is 5. The van der Waals surface area contributed by atoms with Crippen molar-refractivity contribution >= 4 is 28.0 Å². The van der Waals surface area contributed by atoms with Gasteiger partial charge in [-0.15, -0.1) is 0 Å². The average molecular weight is 458 g/mol. The number of carbonyl (C=O) groups excluding carboxylic acids is 1. The molecule has 0 aliphatic rings. The first kappa shape index (κ1) is 22.6. The Morgan fingerprint density at radius 2 is 2.06 bits per heavy atom. The Bertz CT molecular complexity index is 1290. The molecule has 9 nitrogen and oxygen atoms in total. The number of nitrogens with zero attached hydrogens (tertiary/aromatic N) is 4. The molecule has 3 heterocycles. The Kier molecular flexibility index (Phi) is 5.98. The van der Waals surface area contributed by atoms with Crippen LogP contribution in [0.5, 0.6) is 5.75 Å². The van der Waals surface area contributed by atoms with Crippen LogP contribution in [-0.2, 0) is 4.74 Å². The third-order valence-electron chi connectivity index (χ3n) is 4.72. The van der Waals surface area contributed by atoms with Gasteiger partial charge in [0.15, 0.2) is 11.9 Å². The zero-order chi connectivity index (χ0) is 23.8. The minimum atomic E-state index is -2.92. The highest BCUT2D eigenvalue weighted by molar-refractivity contribution is 6.04. The van der Waals surface area contributed by atoms with E-state index in [1.807, 2.05) is 27.7 Å². The van der Waals surface area contributed by atoms with Crippen LogP contribution in [-0.4, -0.2) is 49.4 Å². The first-order valence-electron chi connectivity index (χ1n) is 10.4. The van der Waals surface area contributed by atoms with Crippen molar-refractivity contribution < 1.29 is 23.0 Å². The van der Waals surface area contributed by atoms with E-state index in [9.17, 15) is 13.6 Å². The van der Waals surface area contributed by atoms with Gasteiger partial charge in [0.2, 0.25) is 0 Å². The molecule has 11 heteroatoms. The normalized spacial score (nSPS) is 13.1.